The van der Waals surface area contributed by atoms with Gasteiger partial charge in [0.25, 0.3) is 5.69 Å². The fourth-order valence-electron chi connectivity index (χ4n) is 2.56. The van der Waals surface area contributed by atoms with E-state index in [0.29, 0.717) is 13.1 Å². The summed E-state index contributed by atoms with van der Waals surface area (Å²) in [5.41, 5.74) is 0.0165. The molecule has 1 fully saturated rings. The fourth-order valence-corrected chi connectivity index (χ4v) is 2.56. The number of non-ortho nitro benzene ring substituents is 1. The minimum Gasteiger partial charge on any atom is -0.494 e. The molecule has 9 heteroatoms. The van der Waals surface area contributed by atoms with E-state index in [1.165, 1.54) is 30.2 Å². The van der Waals surface area contributed by atoms with Crippen molar-refractivity contribution in [2.75, 3.05) is 25.5 Å². The van der Waals surface area contributed by atoms with Crippen molar-refractivity contribution >= 4 is 23.2 Å². The average molecular weight is 337 g/mol. The highest BCUT2D eigenvalue weighted by atomic mass is 16.6. The van der Waals surface area contributed by atoms with E-state index in [1.54, 1.807) is 0 Å². The molecule has 0 spiro atoms. The highest BCUT2D eigenvalue weighted by molar-refractivity contribution is 6.39. The zero-order chi connectivity index (χ0) is 17.9. The number of hydrogen-bond acceptors (Lipinski definition) is 6. The lowest BCUT2D eigenvalue weighted by molar-refractivity contribution is -0.384. The Labute approximate surface area is 138 Å². The Balaban J connectivity index is 2.11. The molecule has 2 amide bonds. The van der Waals surface area contributed by atoms with Crippen LogP contribution in [-0.4, -0.2) is 54.0 Å². The lowest BCUT2D eigenvalue weighted by Gasteiger charge is -2.34. The molecular weight excluding hydrogens is 318 g/mol. The lowest BCUT2D eigenvalue weighted by Crippen LogP contribution is -2.51. The molecule has 2 rings (SSSR count). The molecule has 0 radical (unpaired) electrons. The molecule has 1 aliphatic rings. The maximum Gasteiger partial charge on any atom is 0.314 e. The number of morpholine rings is 1. The predicted octanol–water partition coefficient (Wildman–Crippen LogP) is 1.18. The lowest BCUT2D eigenvalue weighted by atomic mass is 10.2. The molecule has 1 aromatic rings. The molecule has 0 bridgehead atoms. The summed E-state index contributed by atoms with van der Waals surface area (Å²) in [6, 6.07) is 3.73. The van der Waals surface area contributed by atoms with Crippen LogP contribution in [-0.2, 0) is 14.3 Å². The van der Waals surface area contributed by atoms with Crippen molar-refractivity contribution in [2.45, 2.75) is 26.1 Å². The van der Waals surface area contributed by atoms with Crippen LogP contribution in [0.4, 0.5) is 11.4 Å². The number of nitrogens with zero attached hydrogens (tertiary/aromatic N) is 2. The Bertz CT molecular complexity index is 653. The Morgan fingerprint density at radius 1 is 1.33 bits per heavy atom. The Kier molecular flexibility index (Phi) is 5.35. The summed E-state index contributed by atoms with van der Waals surface area (Å²) in [5.74, 6) is -1.41. The van der Waals surface area contributed by atoms with E-state index in [1.807, 2.05) is 13.8 Å². The highest BCUT2D eigenvalue weighted by Crippen LogP contribution is 2.29. The molecule has 9 nitrogen and oxygen atoms in total. The molecule has 130 valence electrons. The van der Waals surface area contributed by atoms with E-state index in [2.05, 4.69) is 5.32 Å². The molecule has 1 N–H and O–H groups in total. The molecule has 0 aromatic heterocycles. The van der Waals surface area contributed by atoms with E-state index in [4.69, 9.17) is 9.47 Å². The van der Waals surface area contributed by atoms with E-state index in [9.17, 15) is 19.7 Å². The third-order valence-electron chi connectivity index (χ3n) is 3.55. The minimum absolute atomic E-state index is 0.106. The van der Waals surface area contributed by atoms with Gasteiger partial charge in [-0.25, -0.2) is 0 Å². The van der Waals surface area contributed by atoms with Gasteiger partial charge in [-0.3, -0.25) is 19.7 Å². The van der Waals surface area contributed by atoms with Crippen molar-refractivity contribution in [3.05, 3.63) is 28.3 Å². The van der Waals surface area contributed by atoms with Gasteiger partial charge in [0.15, 0.2) is 0 Å². The summed E-state index contributed by atoms with van der Waals surface area (Å²) in [6.45, 7) is 4.31. The topological polar surface area (TPSA) is 111 Å². The van der Waals surface area contributed by atoms with Crippen molar-refractivity contribution in [1.29, 1.82) is 0 Å². The Morgan fingerprint density at radius 3 is 2.50 bits per heavy atom. The van der Waals surface area contributed by atoms with Crippen LogP contribution < -0.4 is 10.1 Å². The number of nitro benzene ring substituents is 1. The van der Waals surface area contributed by atoms with Crippen LogP contribution in [0.3, 0.4) is 0 Å². The van der Waals surface area contributed by atoms with Crippen LogP contribution in [0.15, 0.2) is 18.2 Å². The van der Waals surface area contributed by atoms with Gasteiger partial charge in [0.2, 0.25) is 0 Å². The van der Waals surface area contributed by atoms with Crippen LogP contribution >= 0.6 is 0 Å². The second-order valence-electron chi connectivity index (χ2n) is 5.56. The molecule has 24 heavy (non-hydrogen) atoms. The van der Waals surface area contributed by atoms with Gasteiger partial charge in [-0.2, -0.15) is 0 Å². The molecule has 0 saturated carbocycles. The number of rotatable bonds is 3. The number of nitrogens with one attached hydrogen (secondary N) is 1. The summed E-state index contributed by atoms with van der Waals surface area (Å²) in [6.07, 6.45) is -0.307. The normalized spacial score (nSPS) is 20.4. The van der Waals surface area contributed by atoms with Crippen LogP contribution in [0.1, 0.15) is 13.8 Å². The molecular formula is C15H19N3O6. The van der Waals surface area contributed by atoms with Gasteiger partial charge >= 0.3 is 11.8 Å². The molecule has 1 heterocycles. The summed E-state index contributed by atoms with van der Waals surface area (Å²) in [5, 5.41) is 13.2. The third kappa shape index (κ3) is 3.99. The average Bonchev–Trinajstić information content (AvgIpc) is 2.53. The van der Waals surface area contributed by atoms with Crippen LogP contribution in [0.25, 0.3) is 0 Å². The molecule has 1 aliphatic heterocycles. The first-order chi connectivity index (χ1) is 11.3. The fraction of sp³-hybridized carbons (Fsp3) is 0.467. The second kappa shape index (κ2) is 7.26. The van der Waals surface area contributed by atoms with Crippen molar-refractivity contribution < 1.29 is 24.0 Å². The quantitative estimate of drug-likeness (QED) is 0.504. The number of carbonyl (C=O) groups is 2. The van der Waals surface area contributed by atoms with E-state index in [-0.39, 0.29) is 29.3 Å². The molecule has 0 aliphatic carbocycles. The highest BCUT2D eigenvalue weighted by Gasteiger charge is 2.30. The first-order valence-corrected chi connectivity index (χ1v) is 7.40. The van der Waals surface area contributed by atoms with Crippen LogP contribution in [0.2, 0.25) is 0 Å². The largest absolute Gasteiger partial charge is 0.494 e. The first-order valence-electron chi connectivity index (χ1n) is 7.40. The van der Waals surface area contributed by atoms with Crippen molar-refractivity contribution in [2.24, 2.45) is 0 Å². The first kappa shape index (κ1) is 17.7. The number of ether oxygens (including phenoxy) is 2. The standard InChI is InChI=1S/C15H19N3O6/c1-9-7-17(8-10(2)24-9)15(20)14(19)16-12-5-4-11(18(21)22)6-13(12)23-3/h4-6,9-10H,7-8H2,1-3H3,(H,16,19). The zero-order valence-electron chi connectivity index (χ0n) is 13.6. The number of nitro groups is 1. The molecule has 1 aromatic carbocycles. The van der Waals surface area contributed by atoms with E-state index in [0.717, 1.165) is 0 Å². The molecule has 2 atom stereocenters. The number of hydrogen-bond donors (Lipinski definition) is 1. The monoisotopic (exact) mass is 337 g/mol. The van der Waals surface area contributed by atoms with Crippen molar-refractivity contribution in [1.82, 2.24) is 4.90 Å². The van der Waals surface area contributed by atoms with Gasteiger partial charge in [-0.1, -0.05) is 0 Å². The van der Waals surface area contributed by atoms with Crippen molar-refractivity contribution in [3.8, 4) is 5.75 Å². The van der Waals surface area contributed by atoms with Crippen LogP contribution in [0, 0.1) is 10.1 Å². The second-order valence-corrected chi connectivity index (χ2v) is 5.56. The maximum absolute atomic E-state index is 12.3. The summed E-state index contributed by atoms with van der Waals surface area (Å²) >= 11 is 0. The minimum atomic E-state index is -0.830. The molecule has 1 saturated heterocycles. The van der Waals surface area contributed by atoms with Gasteiger partial charge in [0.05, 0.1) is 36.0 Å². The molecule has 2 unspecified atom stereocenters. The summed E-state index contributed by atoms with van der Waals surface area (Å²) in [4.78, 5) is 36.1. The Hall–Kier alpha value is -2.68. The third-order valence-corrected chi connectivity index (χ3v) is 3.55. The zero-order valence-corrected chi connectivity index (χ0v) is 13.6. The number of benzene rings is 1. The van der Waals surface area contributed by atoms with Crippen LogP contribution in [0.5, 0.6) is 5.75 Å². The SMILES string of the molecule is COc1cc([N+](=O)[O-])ccc1NC(=O)C(=O)N1CC(C)OC(C)C1. The maximum atomic E-state index is 12.3. The van der Waals surface area contributed by atoms with Gasteiger partial charge in [0, 0.05) is 19.2 Å². The van der Waals surface area contributed by atoms with E-state index < -0.39 is 16.7 Å². The smallest absolute Gasteiger partial charge is 0.314 e. The summed E-state index contributed by atoms with van der Waals surface area (Å²) < 4.78 is 10.6. The summed E-state index contributed by atoms with van der Waals surface area (Å²) in [7, 11) is 1.32. The van der Waals surface area contributed by atoms with Gasteiger partial charge in [-0.15, -0.1) is 0 Å². The van der Waals surface area contributed by atoms with Gasteiger partial charge in [0.1, 0.15) is 5.75 Å². The number of methoxy groups -OCH3 is 1. The number of amides is 2. The van der Waals surface area contributed by atoms with Gasteiger partial charge in [-0.05, 0) is 19.9 Å². The van der Waals surface area contributed by atoms with E-state index >= 15 is 0 Å². The number of anilines is 1. The van der Waals surface area contributed by atoms with Gasteiger partial charge < -0.3 is 19.7 Å². The number of carbonyl (C=O) groups excluding carboxylic acids is 2. The predicted molar refractivity (Wildman–Crippen MR) is 84.9 cm³/mol. The Morgan fingerprint density at radius 2 is 1.96 bits per heavy atom. The van der Waals surface area contributed by atoms with Crippen molar-refractivity contribution in [3.63, 3.8) is 0 Å².